The lowest BCUT2D eigenvalue weighted by atomic mass is 10.2. The number of ether oxygens (including phenoxy) is 1. The minimum atomic E-state index is -0.0858. The van der Waals surface area contributed by atoms with Crippen LogP contribution >= 0.6 is 23.2 Å². The highest BCUT2D eigenvalue weighted by Gasteiger charge is 2.26. The molecule has 8 heteroatoms. The molecule has 1 fully saturated rings. The Morgan fingerprint density at radius 1 is 1.43 bits per heavy atom. The summed E-state index contributed by atoms with van der Waals surface area (Å²) in [4.78, 5) is 6.54. The van der Waals surface area contributed by atoms with Crippen molar-refractivity contribution in [2.24, 2.45) is 7.05 Å². The first-order chi connectivity index (χ1) is 10.1. The summed E-state index contributed by atoms with van der Waals surface area (Å²) in [5, 5.41) is 9.14. The molecule has 0 saturated carbocycles. The summed E-state index contributed by atoms with van der Waals surface area (Å²) in [6.45, 7) is 2.86. The van der Waals surface area contributed by atoms with Gasteiger partial charge in [0.2, 0.25) is 0 Å². The van der Waals surface area contributed by atoms with Crippen LogP contribution in [0.4, 0.5) is 0 Å². The molecule has 3 rings (SSSR count). The van der Waals surface area contributed by atoms with Crippen LogP contribution in [0.25, 0.3) is 0 Å². The van der Waals surface area contributed by atoms with Crippen LogP contribution in [0.1, 0.15) is 17.6 Å². The molecule has 0 radical (unpaired) electrons. The molecule has 112 valence electrons. The second kappa shape index (κ2) is 6.27. The van der Waals surface area contributed by atoms with Crippen LogP contribution in [0, 0.1) is 0 Å². The first-order valence-corrected chi connectivity index (χ1v) is 7.37. The van der Waals surface area contributed by atoms with E-state index >= 15 is 0 Å². The number of morpholine rings is 1. The van der Waals surface area contributed by atoms with Crippen molar-refractivity contribution >= 4 is 23.2 Å². The molecule has 3 heterocycles. The van der Waals surface area contributed by atoms with Gasteiger partial charge < -0.3 is 9.30 Å². The molecule has 0 unspecified atom stereocenters. The number of nitrogens with zero attached hydrogens (tertiary/aromatic N) is 5. The van der Waals surface area contributed by atoms with Gasteiger partial charge in [0.1, 0.15) is 12.4 Å². The van der Waals surface area contributed by atoms with Crippen molar-refractivity contribution in [3.63, 3.8) is 0 Å². The van der Waals surface area contributed by atoms with E-state index in [9.17, 15) is 0 Å². The molecule has 1 atom stereocenters. The maximum atomic E-state index is 6.18. The van der Waals surface area contributed by atoms with Crippen LogP contribution in [0.2, 0.25) is 10.0 Å². The third-order valence-corrected chi connectivity index (χ3v) is 3.98. The zero-order valence-corrected chi connectivity index (χ0v) is 13.0. The lowest BCUT2D eigenvalue weighted by Crippen LogP contribution is -2.38. The molecule has 0 amide bonds. The van der Waals surface area contributed by atoms with E-state index in [1.54, 1.807) is 18.6 Å². The second-order valence-electron chi connectivity index (χ2n) is 4.98. The molecular weight excluding hydrogens is 313 g/mol. The highest BCUT2D eigenvalue weighted by molar-refractivity contribution is 6.34. The number of aryl methyl sites for hydroxylation is 1. The van der Waals surface area contributed by atoms with Gasteiger partial charge in [0.25, 0.3) is 0 Å². The number of hydrogen-bond acceptors (Lipinski definition) is 5. The van der Waals surface area contributed by atoms with E-state index in [2.05, 4.69) is 20.1 Å². The molecule has 21 heavy (non-hydrogen) atoms. The molecule has 0 aliphatic carbocycles. The Labute approximate surface area is 132 Å². The van der Waals surface area contributed by atoms with Crippen molar-refractivity contribution in [3.05, 3.63) is 40.2 Å². The SMILES string of the molecule is Cn1cnnc1[C@H]1CN(Cc2ncc(Cl)cc2Cl)CCO1. The highest BCUT2D eigenvalue weighted by Crippen LogP contribution is 2.24. The maximum Gasteiger partial charge on any atom is 0.163 e. The number of pyridine rings is 1. The molecule has 0 bridgehead atoms. The molecule has 0 aromatic carbocycles. The van der Waals surface area contributed by atoms with E-state index in [0.29, 0.717) is 23.2 Å². The van der Waals surface area contributed by atoms with Crippen molar-refractivity contribution in [2.75, 3.05) is 19.7 Å². The fourth-order valence-electron chi connectivity index (χ4n) is 2.36. The average molecular weight is 328 g/mol. The van der Waals surface area contributed by atoms with Gasteiger partial charge in [-0.2, -0.15) is 0 Å². The van der Waals surface area contributed by atoms with Crippen LogP contribution < -0.4 is 0 Å². The van der Waals surface area contributed by atoms with Gasteiger partial charge in [-0.15, -0.1) is 10.2 Å². The summed E-state index contributed by atoms with van der Waals surface area (Å²) in [5.41, 5.74) is 0.819. The minimum absolute atomic E-state index is 0.0858. The minimum Gasteiger partial charge on any atom is -0.368 e. The summed E-state index contributed by atoms with van der Waals surface area (Å²) in [5.74, 6) is 0.829. The standard InChI is InChI=1S/C13H15Cl2N5O/c1-19-8-17-18-13(19)12-7-20(2-3-21-12)6-11-10(15)4-9(14)5-16-11/h4-5,8,12H,2-3,6-7H2,1H3/t12-/m1/s1. The summed E-state index contributed by atoms with van der Waals surface area (Å²) in [6, 6.07) is 1.71. The maximum absolute atomic E-state index is 6.18. The number of aromatic nitrogens is 4. The monoisotopic (exact) mass is 327 g/mol. The Morgan fingerprint density at radius 3 is 3.00 bits per heavy atom. The summed E-state index contributed by atoms with van der Waals surface area (Å²) < 4.78 is 7.66. The Kier molecular flexibility index (Phi) is 4.40. The second-order valence-corrected chi connectivity index (χ2v) is 5.82. The van der Waals surface area contributed by atoms with Crippen molar-refractivity contribution in [2.45, 2.75) is 12.6 Å². The molecule has 2 aromatic rings. The predicted octanol–water partition coefficient (Wildman–Crippen LogP) is 2.09. The third kappa shape index (κ3) is 3.35. The smallest absolute Gasteiger partial charge is 0.163 e. The molecule has 6 nitrogen and oxygen atoms in total. The zero-order valence-electron chi connectivity index (χ0n) is 11.5. The Morgan fingerprint density at radius 2 is 2.29 bits per heavy atom. The van der Waals surface area contributed by atoms with E-state index in [-0.39, 0.29) is 6.10 Å². The van der Waals surface area contributed by atoms with Crippen LogP contribution in [0.5, 0.6) is 0 Å². The quantitative estimate of drug-likeness (QED) is 0.864. The fourth-order valence-corrected chi connectivity index (χ4v) is 2.80. The first-order valence-electron chi connectivity index (χ1n) is 6.61. The Balaban J connectivity index is 1.70. The van der Waals surface area contributed by atoms with Gasteiger partial charge in [-0.25, -0.2) is 0 Å². The van der Waals surface area contributed by atoms with Crippen molar-refractivity contribution in [1.82, 2.24) is 24.6 Å². The topological polar surface area (TPSA) is 56.1 Å². The molecular formula is C13H15Cl2N5O. The van der Waals surface area contributed by atoms with E-state index < -0.39 is 0 Å². The van der Waals surface area contributed by atoms with E-state index in [1.165, 1.54) is 0 Å². The molecule has 1 saturated heterocycles. The summed E-state index contributed by atoms with van der Waals surface area (Å²) in [6.07, 6.45) is 3.20. The summed E-state index contributed by atoms with van der Waals surface area (Å²) >= 11 is 12.0. The Hall–Kier alpha value is -1.21. The fraction of sp³-hybridized carbons (Fsp3) is 0.462. The van der Waals surface area contributed by atoms with Crippen LogP contribution in [-0.2, 0) is 18.3 Å². The largest absolute Gasteiger partial charge is 0.368 e. The van der Waals surface area contributed by atoms with Crippen molar-refractivity contribution in [1.29, 1.82) is 0 Å². The van der Waals surface area contributed by atoms with Gasteiger partial charge in [-0.1, -0.05) is 23.2 Å². The number of hydrogen-bond donors (Lipinski definition) is 0. The van der Waals surface area contributed by atoms with Gasteiger partial charge in [-0.3, -0.25) is 9.88 Å². The molecule has 2 aromatic heterocycles. The van der Waals surface area contributed by atoms with E-state index in [0.717, 1.165) is 24.6 Å². The van der Waals surface area contributed by atoms with Gasteiger partial charge in [0.15, 0.2) is 5.82 Å². The van der Waals surface area contributed by atoms with Gasteiger partial charge in [0, 0.05) is 32.9 Å². The molecule has 1 aliphatic heterocycles. The van der Waals surface area contributed by atoms with E-state index in [1.807, 2.05) is 11.6 Å². The van der Waals surface area contributed by atoms with Gasteiger partial charge in [0.05, 0.1) is 22.3 Å². The van der Waals surface area contributed by atoms with Gasteiger partial charge >= 0.3 is 0 Å². The number of rotatable bonds is 3. The third-order valence-electron chi connectivity index (χ3n) is 3.44. The summed E-state index contributed by atoms with van der Waals surface area (Å²) in [7, 11) is 1.91. The lowest BCUT2D eigenvalue weighted by molar-refractivity contribution is -0.0389. The van der Waals surface area contributed by atoms with Crippen LogP contribution in [0.3, 0.4) is 0 Å². The molecule has 0 spiro atoms. The predicted molar refractivity (Wildman–Crippen MR) is 79.2 cm³/mol. The zero-order chi connectivity index (χ0) is 14.8. The molecule has 1 aliphatic rings. The highest BCUT2D eigenvalue weighted by atomic mass is 35.5. The Bertz CT molecular complexity index is 633. The molecule has 0 N–H and O–H groups in total. The first kappa shape index (κ1) is 14.7. The van der Waals surface area contributed by atoms with Gasteiger partial charge in [-0.05, 0) is 6.07 Å². The van der Waals surface area contributed by atoms with Crippen LogP contribution in [-0.4, -0.2) is 44.3 Å². The lowest BCUT2D eigenvalue weighted by Gasteiger charge is -2.32. The van der Waals surface area contributed by atoms with Crippen molar-refractivity contribution < 1.29 is 4.74 Å². The average Bonchev–Trinajstić information content (AvgIpc) is 2.89. The van der Waals surface area contributed by atoms with Crippen molar-refractivity contribution in [3.8, 4) is 0 Å². The number of halogens is 2. The van der Waals surface area contributed by atoms with E-state index in [4.69, 9.17) is 27.9 Å². The van der Waals surface area contributed by atoms with Crippen LogP contribution in [0.15, 0.2) is 18.6 Å². The normalized spacial score (nSPS) is 19.9.